The van der Waals surface area contributed by atoms with Crippen molar-refractivity contribution in [1.29, 1.82) is 0 Å². The van der Waals surface area contributed by atoms with E-state index >= 15 is 0 Å². The third kappa shape index (κ3) is 8.44. The zero-order valence-electron chi connectivity index (χ0n) is 25.7. The first-order valence-electron chi connectivity index (χ1n) is 14.7. The predicted octanol–water partition coefficient (Wildman–Crippen LogP) is 7.82. The van der Waals surface area contributed by atoms with Gasteiger partial charge in [0.25, 0.3) is 5.91 Å². The molecule has 0 aliphatic carbocycles. The summed E-state index contributed by atoms with van der Waals surface area (Å²) in [6.07, 6.45) is 2.61. The monoisotopic (exact) mass is 572 g/mol. The van der Waals surface area contributed by atoms with Crippen LogP contribution in [-0.2, 0) is 16.8 Å². The minimum atomic E-state index is -0.971. The van der Waals surface area contributed by atoms with E-state index in [-0.39, 0.29) is 30.8 Å². The highest BCUT2D eigenvalue weighted by Gasteiger charge is 2.31. The van der Waals surface area contributed by atoms with Gasteiger partial charge in [-0.1, -0.05) is 70.9 Å². The molecule has 42 heavy (non-hydrogen) atoms. The van der Waals surface area contributed by atoms with Gasteiger partial charge in [0, 0.05) is 17.8 Å². The SMILES string of the molecule is CCCC(C)(c1ccc(N(Cc2ccc(C(=O)NCCC(=O)O)cc2)C(=O)Oc2cc(C)cc(C)c2)cc1)[C@@H](C)CC. The van der Waals surface area contributed by atoms with Crippen molar-refractivity contribution in [3.63, 3.8) is 0 Å². The maximum absolute atomic E-state index is 13.6. The number of carbonyl (C=O) groups is 3. The molecule has 0 saturated carbocycles. The second-order valence-electron chi connectivity index (χ2n) is 11.4. The summed E-state index contributed by atoms with van der Waals surface area (Å²) in [4.78, 5) is 38.3. The van der Waals surface area contributed by atoms with E-state index in [0.29, 0.717) is 22.9 Å². The zero-order chi connectivity index (χ0) is 30.9. The average Bonchev–Trinajstić information content (AvgIpc) is 2.95. The number of carbonyl (C=O) groups excluding carboxylic acids is 2. The summed E-state index contributed by atoms with van der Waals surface area (Å²) in [7, 11) is 0. The van der Waals surface area contributed by atoms with Gasteiger partial charge in [-0.05, 0) is 90.3 Å². The molecule has 3 aromatic rings. The molecule has 0 aromatic heterocycles. The standard InChI is InChI=1S/C35H44N2O5/c1-7-18-35(6,26(5)8-2)29-13-15-30(16-14-29)37(34(41)42-31-21-24(3)20-25(4)22-31)23-27-9-11-28(12-10-27)33(40)36-19-17-32(38)39/h9-16,20-22,26H,7-8,17-19,23H2,1-6H3,(H,36,40)(H,38,39)/t26-,35?/m0/s1. The van der Waals surface area contributed by atoms with E-state index in [1.54, 1.807) is 29.2 Å². The molecule has 1 unspecified atom stereocenters. The van der Waals surface area contributed by atoms with Crippen molar-refractivity contribution in [2.45, 2.75) is 79.2 Å². The number of nitrogens with zero attached hydrogens (tertiary/aromatic N) is 1. The van der Waals surface area contributed by atoms with E-state index in [1.807, 2.05) is 44.2 Å². The van der Waals surface area contributed by atoms with Crippen LogP contribution >= 0.6 is 0 Å². The van der Waals surface area contributed by atoms with E-state index in [2.05, 4.69) is 45.1 Å². The van der Waals surface area contributed by atoms with Crippen LogP contribution in [0.2, 0.25) is 0 Å². The van der Waals surface area contributed by atoms with Gasteiger partial charge >= 0.3 is 12.1 Å². The van der Waals surface area contributed by atoms with Gasteiger partial charge in [0.05, 0.1) is 13.0 Å². The van der Waals surface area contributed by atoms with Gasteiger partial charge < -0.3 is 15.2 Å². The number of aryl methyl sites for hydroxylation is 2. The average molecular weight is 573 g/mol. The fourth-order valence-corrected chi connectivity index (χ4v) is 5.41. The fraction of sp³-hybridized carbons (Fsp3) is 0.400. The second-order valence-corrected chi connectivity index (χ2v) is 11.4. The molecular weight excluding hydrogens is 528 g/mol. The van der Waals surface area contributed by atoms with Crippen LogP contribution in [-0.4, -0.2) is 29.6 Å². The molecule has 7 nitrogen and oxygen atoms in total. The number of carboxylic acid groups (broad SMARTS) is 1. The van der Waals surface area contributed by atoms with Crippen molar-refractivity contribution in [1.82, 2.24) is 5.32 Å². The number of rotatable bonds is 13. The van der Waals surface area contributed by atoms with E-state index in [0.717, 1.165) is 36.0 Å². The maximum atomic E-state index is 13.6. The van der Waals surface area contributed by atoms with Gasteiger partial charge in [0.15, 0.2) is 0 Å². The lowest BCUT2D eigenvalue weighted by molar-refractivity contribution is -0.136. The van der Waals surface area contributed by atoms with Crippen LogP contribution in [0.25, 0.3) is 0 Å². The van der Waals surface area contributed by atoms with Crippen molar-refractivity contribution in [3.8, 4) is 5.75 Å². The summed E-state index contributed by atoms with van der Waals surface area (Å²) in [5.74, 6) is -0.323. The lowest BCUT2D eigenvalue weighted by Gasteiger charge is -2.36. The highest BCUT2D eigenvalue weighted by Crippen LogP contribution is 2.39. The van der Waals surface area contributed by atoms with Gasteiger partial charge in [-0.2, -0.15) is 0 Å². The number of aliphatic carboxylic acids is 1. The Labute approximate surface area is 249 Å². The first-order chi connectivity index (χ1) is 20.0. The topological polar surface area (TPSA) is 95.9 Å². The molecule has 2 N–H and O–H groups in total. The fourth-order valence-electron chi connectivity index (χ4n) is 5.41. The van der Waals surface area contributed by atoms with E-state index in [1.165, 1.54) is 5.56 Å². The minimum absolute atomic E-state index is 0.0351. The molecule has 2 atom stereocenters. The highest BCUT2D eigenvalue weighted by molar-refractivity contribution is 5.94. The number of hydrogen-bond donors (Lipinski definition) is 2. The summed E-state index contributed by atoms with van der Waals surface area (Å²) in [5.41, 5.74) is 5.24. The number of amides is 2. The molecule has 7 heteroatoms. The zero-order valence-corrected chi connectivity index (χ0v) is 25.7. The van der Waals surface area contributed by atoms with Crippen molar-refractivity contribution in [2.75, 3.05) is 11.4 Å². The Morgan fingerprint density at radius 3 is 2.12 bits per heavy atom. The van der Waals surface area contributed by atoms with Gasteiger partial charge in [0.2, 0.25) is 0 Å². The van der Waals surface area contributed by atoms with Crippen molar-refractivity contribution < 1.29 is 24.2 Å². The molecule has 0 radical (unpaired) electrons. The minimum Gasteiger partial charge on any atom is -0.481 e. The number of hydrogen-bond acceptors (Lipinski definition) is 4. The summed E-state index contributed by atoms with van der Waals surface area (Å²) >= 11 is 0. The van der Waals surface area contributed by atoms with E-state index < -0.39 is 12.1 Å². The number of anilines is 1. The van der Waals surface area contributed by atoms with Crippen LogP contribution < -0.4 is 15.0 Å². The first kappa shape index (κ1) is 32.4. The van der Waals surface area contributed by atoms with Crippen molar-refractivity contribution in [3.05, 3.63) is 94.5 Å². The van der Waals surface area contributed by atoms with Crippen LogP contribution in [0, 0.1) is 19.8 Å². The molecule has 0 aliphatic heterocycles. The molecule has 0 aliphatic rings. The second kappa shape index (κ2) is 14.7. The van der Waals surface area contributed by atoms with Crippen molar-refractivity contribution in [2.24, 2.45) is 5.92 Å². The Hall–Kier alpha value is -4.13. The Morgan fingerprint density at radius 2 is 1.57 bits per heavy atom. The van der Waals surface area contributed by atoms with Crippen LogP contribution in [0.3, 0.4) is 0 Å². The molecule has 224 valence electrons. The molecule has 3 rings (SSSR count). The number of benzene rings is 3. The molecule has 0 fully saturated rings. The summed E-state index contributed by atoms with van der Waals surface area (Å²) in [6.45, 7) is 13.3. The third-order valence-corrected chi connectivity index (χ3v) is 8.11. The molecule has 2 amide bonds. The summed E-state index contributed by atoms with van der Waals surface area (Å²) < 4.78 is 5.86. The van der Waals surface area contributed by atoms with Gasteiger partial charge in [-0.25, -0.2) is 4.79 Å². The van der Waals surface area contributed by atoms with Crippen LogP contribution in [0.5, 0.6) is 5.75 Å². The van der Waals surface area contributed by atoms with E-state index in [4.69, 9.17) is 9.84 Å². The van der Waals surface area contributed by atoms with Crippen molar-refractivity contribution >= 4 is 23.7 Å². The number of carboxylic acids is 1. The lowest BCUT2D eigenvalue weighted by atomic mass is 9.69. The molecular formula is C35H44N2O5. The summed E-state index contributed by atoms with van der Waals surface area (Å²) in [6, 6.07) is 20.8. The largest absolute Gasteiger partial charge is 0.481 e. The third-order valence-electron chi connectivity index (χ3n) is 8.11. The van der Waals surface area contributed by atoms with Gasteiger partial charge in [0.1, 0.15) is 5.75 Å². The molecule has 3 aromatic carbocycles. The predicted molar refractivity (Wildman–Crippen MR) is 167 cm³/mol. The number of ether oxygens (including phenoxy) is 1. The Bertz CT molecular complexity index is 1350. The van der Waals surface area contributed by atoms with Gasteiger partial charge in [-0.15, -0.1) is 0 Å². The molecule has 0 bridgehead atoms. The Balaban J connectivity index is 1.89. The normalized spacial score (nSPS) is 13.1. The smallest absolute Gasteiger partial charge is 0.420 e. The van der Waals surface area contributed by atoms with E-state index in [9.17, 15) is 14.4 Å². The molecule has 0 saturated heterocycles. The van der Waals surface area contributed by atoms with Gasteiger partial charge in [-0.3, -0.25) is 14.5 Å². The molecule has 0 spiro atoms. The maximum Gasteiger partial charge on any atom is 0.420 e. The Kier molecular flexibility index (Phi) is 11.3. The highest BCUT2D eigenvalue weighted by atomic mass is 16.6. The van der Waals surface area contributed by atoms with Crippen LogP contribution in [0.4, 0.5) is 10.5 Å². The number of nitrogens with one attached hydrogen (secondary N) is 1. The summed E-state index contributed by atoms with van der Waals surface area (Å²) in [5, 5.41) is 11.4. The Morgan fingerprint density at radius 1 is 0.952 bits per heavy atom. The lowest BCUT2D eigenvalue weighted by Crippen LogP contribution is -2.33. The molecule has 0 heterocycles. The quantitative estimate of drug-likeness (QED) is 0.218. The van der Waals surface area contributed by atoms with Crippen LogP contribution in [0.15, 0.2) is 66.7 Å². The first-order valence-corrected chi connectivity index (χ1v) is 14.7. The van der Waals surface area contributed by atoms with Crippen LogP contribution in [0.1, 0.15) is 86.0 Å².